The van der Waals surface area contributed by atoms with Crippen LogP contribution in [-0.4, -0.2) is 50.1 Å². The maximum absolute atomic E-state index is 13.0. The molecule has 2 aromatic heterocycles. The van der Waals surface area contributed by atoms with Crippen molar-refractivity contribution < 1.29 is 9.53 Å². The van der Waals surface area contributed by atoms with Gasteiger partial charge in [0.15, 0.2) is 11.6 Å². The zero-order valence-corrected chi connectivity index (χ0v) is 15.4. The van der Waals surface area contributed by atoms with Gasteiger partial charge >= 0.3 is 0 Å². The Morgan fingerprint density at radius 3 is 2.77 bits per heavy atom. The molecule has 138 valence electrons. The van der Waals surface area contributed by atoms with Crippen LogP contribution in [0.25, 0.3) is 11.5 Å². The third-order valence-electron chi connectivity index (χ3n) is 5.33. The first-order chi connectivity index (χ1) is 12.6. The normalized spacial score (nSPS) is 21.3. The van der Waals surface area contributed by atoms with Gasteiger partial charge in [0.25, 0.3) is 0 Å². The van der Waals surface area contributed by atoms with Gasteiger partial charge < -0.3 is 14.2 Å². The van der Waals surface area contributed by atoms with Gasteiger partial charge in [0.1, 0.15) is 5.69 Å². The highest BCUT2D eigenvalue weighted by Gasteiger charge is 2.36. The van der Waals surface area contributed by atoms with E-state index in [9.17, 15) is 4.79 Å². The number of ether oxygens (including phenoxy) is 1. The van der Waals surface area contributed by atoms with E-state index in [1.807, 2.05) is 35.7 Å². The molecule has 0 aliphatic carbocycles. The number of nitrogens with zero attached hydrogens (tertiary/aromatic N) is 5. The Kier molecular flexibility index (Phi) is 4.72. The molecule has 2 saturated heterocycles. The maximum Gasteiger partial charge on any atom is 0.226 e. The molecule has 0 N–H and O–H groups in total. The predicted octanol–water partition coefficient (Wildman–Crippen LogP) is 2.28. The van der Waals surface area contributed by atoms with Crippen LogP contribution in [0.3, 0.4) is 0 Å². The summed E-state index contributed by atoms with van der Waals surface area (Å²) in [5.41, 5.74) is 1.71. The number of aryl methyl sites for hydroxylation is 2. The van der Waals surface area contributed by atoms with Gasteiger partial charge in [0, 0.05) is 50.8 Å². The van der Waals surface area contributed by atoms with E-state index in [4.69, 9.17) is 9.72 Å². The van der Waals surface area contributed by atoms with Crippen molar-refractivity contribution in [1.82, 2.24) is 24.4 Å². The lowest BCUT2D eigenvalue weighted by molar-refractivity contribution is -0.139. The lowest BCUT2D eigenvalue weighted by Crippen LogP contribution is -2.38. The van der Waals surface area contributed by atoms with Crippen molar-refractivity contribution in [2.45, 2.75) is 38.6 Å². The van der Waals surface area contributed by atoms with Crippen molar-refractivity contribution in [3.05, 3.63) is 30.0 Å². The summed E-state index contributed by atoms with van der Waals surface area (Å²) in [6, 6.07) is 1.91. The summed E-state index contributed by atoms with van der Waals surface area (Å²) in [5, 5.41) is 0. The largest absolute Gasteiger partial charge is 0.381 e. The molecule has 2 fully saturated rings. The molecular formula is C19H25N5O2. The van der Waals surface area contributed by atoms with Crippen LogP contribution in [0.4, 0.5) is 0 Å². The molecule has 1 atom stereocenters. The summed E-state index contributed by atoms with van der Waals surface area (Å²) in [4.78, 5) is 28.9. The topological polar surface area (TPSA) is 73.1 Å². The van der Waals surface area contributed by atoms with Crippen molar-refractivity contribution in [3.8, 4) is 11.5 Å². The molecule has 0 unspecified atom stereocenters. The minimum absolute atomic E-state index is 0.0377. The molecular weight excluding hydrogens is 330 g/mol. The minimum atomic E-state index is -0.0377. The van der Waals surface area contributed by atoms with Crippen molar-refractivity contribution in [3.63, 3.8) is 0 Å². The van der Waals surface area contributed by atoms with Crippen LogP contribution in [-0.2, 0) is 16.6 Å². The molecule has 0 spiro atoms. The molecule has 7 heteroatoms. The number of hydrogen-bond acceptors (Lipinski definition) is 5. The third kappa shape index (κ3) is 3.23. The Morgan fingerprint density at radius 1 is 1.23 bits per heavy atom. The van der Waals surface area contributed by atoms with Gasteiger partial charge in [-0.05, 0) is 38.7 Å². The molecule has 2 aromatic rings. The van der Waals surface area contributed by atoms with Crippen molar-refractivity contribution in [2.24, 2.45) is 13.0 Å². The first-order valence-corrected chi connectivity index (χ1v) is 9.35. The quantitative estimate of drug-likeness (QED) is 0.844. The average Bonchev–Trinajstić information content (AvgIpc) is 3.30. The molecule has 7 nitrogen and oxygen atoms in total. The van der Waals surface area contributed by atoms with Gasteiger partial charge in [-0.1, -0.05) is 0 Å². The second-order valence-corrected chi connectivity index (χ2v) is 7.19. The lowest BCUT2D eigenvalue weighted by atomic mass is 9.98. The van der Waals surface area contributed by atoms with Crippen LogP contribution in [0.2, 0.25) is 0 Å². The van der Waals surface area contributed by atoms with E-state index in [2.05, 4.69) is 9.97 Å². The molecule has 0 bridgehead atoms. The fourth-order valence-electron chi connectivity index (χ4n) is 3.95. The number of likely N-dealkylation sites (tertiary alicyclic amines) is 1. The number of amides is 1. The van der Waals surface area contributed by atoms with Gasteiger partial charge in [0.2, 0.25) is 5.91 Å². The summed E-state index contributed by atoms with van der Waals surface area (Å²) in [6.07, 6.45) is 7.21. The van der Waals surface area contributed by atoms with E-state index in [1.165, 1.54) is 0 Å². The van der Waals surface area contributed by atoms with Crippen molar-refractivity contribution in [2.75, 3.05) is 19.8 Å². The van der Waals surface area contributed by atoms with Crippen LogP contribution in [0.5, 0.6) is 0 Å². The molecule has 2 aliphatic heterocycles. The average molecular weight is 355 g/mol. The van der Waals surface area contributed by atoms with Gasteiger partial charge in [-0.2, -0.15) is 0 Å². The lowest BCUT2D eigenvalue weighted by Gasteiger charge is -2.30. The van der Waals surface area contributed by atoms with E-state index < -0.39 is 0 Å². The Labute approximate surface area is 153 Å². The summed E-state index contributed by atoms with van der Waals surface area (Å²) >= 11 is 0. The number of aromatic nitrogens is 4. The van der Waals surface area contributed by atoms with Crippen LogP contribution in [0, 0.1) is 12.8 Å². The fourth-order valence-corrected chi connectivity index (χ4v) is 3.95. The van der Waals surface area contributed by atoms with Crippen molar-refractivity contribution >= 4 is 5.91 Å². The fraction of sp³-hybridized carbons (Fsp3) is 0.579. The first-order valence-electron chi connectivity index (χ1n) is 9.35. The van der Waals surface area contributed by atoms with Crippen LogP contribution >= 0.6 is 0 Å². The van der Waals surface area contributed by atoms with E-state index >= 15 is 0 Å². The zero-order valence-electron chi connectivity index (χ0n) is 15.4. The number of imidazole rings is 1. The second kappa shape index (κ2) is 7.15. The monoisotopic (exact) mass is 355 g/mol. The van der Waals surface area contributed by atoms with Gasteiger partial charge in [0.05, 0.1) is 6.04 Å². The van der Waals surface area contributed by atoms with Gasteiger partial charge in [-0.3, -0.25) is 4.79 Å². The summed E-state index contributed by atoms with van der Waals surface area (Å²) in [7, 11) is 1.95. The SMILES string of the molecule is Cc1cc(-c2nccn2C)nc([C@@H]2CCCN2C(=O)C2CCOCC2)n1. The molecule has 0 saturated carbocycles. The van der Waals surface area contributed by atoms with Crippen LogP contribution < -0.4 is 0 Å². The highest BCUT2D eigenvalue weighted by Crippen LogP contribution is 2.33. The van der Waals surface area contributed by atoms with Gasteiger partial charge in [-0.15, -0.1) is 0 Å². The molecule has 4 heterocycles. The highest BCUT2D eigenvalue weighted by molar-refractivity contribution is 5.79. The predicted molar refractivity (Wildman–Crippen MR) is 96.2 cm³/mol. The Morgan fingerprint density at radius 2 is 2.04 bits per heavy atom. The molecule has 0 aromatic carbocycles. The Hall–Kier alpha value is -2.28. The molecule has 26 heavy (non-hydrogen) atoms. The second-order valence-electron chi connectivity index (χ2n) is 7.19. The number of rotatable bonds is 3. The first kappa shape index (κ1) is 17.1. The molecule has 1 amide bonds. The number of hydrogen-bond donors (Lipinski definition) is 0. The standard InChI is InChI=1S/C19H25N5O2/c1-13-12-15(18-20-7-9-23(18)2)22-17(21-13)16-4-3-8-24(16)19(25)14-5-10-26-11-6-14/h7,9,12,14,16H,3-6,8,10-11H2,1-2H3/t16-/m0/s1. The number of carbonyl (C=O) groups excluding carboxylic acids is 1. The van der Waals surface area contributed by atoms with Gasteiger partial charge in [-0.25, -0.2) is 15.0 Å². The third-order valence-corrected chi connectivity index (χ3v) is 5.33. The van der Waals surface area contributed by atoms with E-state index in [0.29, 0.717) is 13.2 Å². The Bertz CT molecular complexity index is 797. The smallest absolute Gasteiger partial charge is 0.226 e. The van der Waals surface area contributed by atoms with E-state index in [-0.39, 0.29) is 17.9 Å². The van der Waals surface area contributed by atoms with Crippen LogP contribution in [0.15, 0.2) is 18.5 Å². The van der Waals surface area contributed by atoms with E-state index in [1.54, 1.807) is 6.20 Å². The molecule has 4 rings (SSSR count). The Balaban J connectivity index is 1.62. The summed E-state index contributed by atoms with van der Waals surface area (Å²) in [6.45, 7) is 4.12. The molecule has 0 radical (unpaired) electrons. The number of carbonyl (C=O) groups is 1. The summed E-state index contributed by atoms with van der Waals surface area (Å²) in [5.74, 6) is 1.86. The highest BCUT2D eigenvalue weighted by atomic mass is 16.5. The van der Waals surface area contributed by atoms with Crippen LogP contribution in [0.1, 0.15) is 43.2 Å². The summed E-state index contributed by atoms with van der Waals surface area (Å²) < 4.78 is 7.35. The molecule has 2 aliphatic rings. The van der Waals surface area contributed by atoms with Crippen molar-refractivity contribution in [1.29, 1.82) is 0 Å². The maximum atomic E-state index is 13.0. The van der Waals surface area contributed by atoms with E-state index in [0.717, 1.165) is 55.3 Å². The minimum Gasteiger partial charge on any atom is -0.381 e. The zero-order chi connectivity index (χ0) is 18.1.